The summed E-state index contributed by atoms with van der Waals surface area (Å²) >= 11 is 0. The highest BCUT2D eigenvalue weighted by atomic mass is 32.2. The molecule has 0 radical (unpaired) electrons. The molecule has 0 saturated heterocycles. The first-order chi connectivity index (χ1) is 12.7. The van der Waals surface area contributed by atoms with E-state index >= 15 is 0 Å². The van der Waals surface area contributed by atoms with Gasteiger partial charge >= 0.3 is 5.97 Å². The van der Waals surface area contributed by atoms with Crippen molar-refractivity contribution < 1.29 is 32.4 Å². The molecule has 8 nitrogen and oxygen atoms in total. The molecule has 0 bridgehead atoms. The van der Waals surface area contributed by atoms with Crippen molar-refractivity contribution in [3.05, 3.63) is 54.1 Å². The topological polar surface area (TPSA) is 130 Å². The number of hydrogen-bond acceptors (Lipinski definition) is 5. The van der Waals surface area contributed by atoms with E-state index in [4.69, 9.17) is 14.4 Å². The van der Waals surface area contributed by atoms with Gasteiger partial charge in [0.1, 0.15) is 17.5 Å². The highest BCUT2D eigenvalue weighted by Gasteiger charge is 2.27. The predicted octanol–water partition coefficient (Wildman–Crippen LogP) is 1.82. The van der Waals surface area contributed by atoms with Gasteiger partial charge in [0, 0.05) is 11.1 Å². The number of benzene rings is 2. The molecule has 0 unspecified atom stereocenters. The van der Waals surface area contributed by atoms with E-state index in [2.05, 4.69) is 5.32 Å². The van der Waals surface area contributed by atoms with E-state index in [0.717, 1.165) is 0 Å². The Labute approximate surface area is 156 Å². The highest BCUT2D eigenvalue weighted by Crippen LogP contribution is 2.32. The number of rotatable bonds is 8. The molecule has 0 saturated carbocycles. The Morgan fingerprint density at radius 2 is 1.67 bits per heavy atom. The molecule has 0 heterocycles. The number of carboxylic acids is 1. The van der Waals surface area contributed by atoms with Gasteiger partial charge in [-0.3, -0.25) is 9.35 Å². The van der Waals surface area contributed by atoms with Gasteiger partial charge in [0.05, 0.1) is 6.61 Å². The van der Waals surface area contributed by atoms with Crippen molar-refractivity contribution in [2.45, 2.75) is 13.0 Å². The van der Waals surface area contributed by atoms with E-state index in [9.17, 15) is 18.0 Å². The number of para-hydroxylation sites is 1. The number of aliphatic carboxylic acids is 1. The lowest BCUT2D eigenvalue weighted by atomic mass is 9.98. The van der Waals surface area contributed by atoms with Gasteiger partial charge in [0.25, 0.3) is 16.0 Å². The van der Waals surface area contributed by atoms with Crippen molar-refractivity contribution in [2.24, 2.45) is 0 Å². The average Bonchev–Trinajstić information content (AvgIpc) is 2.60. The van der Waals surface area contributed by atoms with Crippen LogP contribution in [0.4, 0.5) is 0 Å². The van der Waals surface area contributed by atoms with Gasteiger partial charge in [-0.05, 0) is 24.6 Å². The van der Waals surface area contributed by atoms with Gasteiger partial charge in [-0.2, -0.15) is 8.42 Å². The minimum atomic E-state index is -4.59. The summed E-state index contributed by atoms with van der Waals surface area (Å²) in [5.41, 5.74) is 1.27. The number of carbonyl (C=O) groups is 2. The van der Waals surface area contributed by atoms with Crippen LogP contribution >= 0.6 is 0 Å². The van der Waals surface area contributed by atoms with Crippen LogP contribution in [0.1, 0.15) is 17.3 Å². The van der Waals surface area contributed by atoms with Gasteiger partial charge in [-0.15, -0.1) is 0 Å². The first-order valence-electron chi connectivity index (χ1n) is 8.03. The molecule has 1 atom stereocenters. The first-order valence-corrected chi connectivity index (χ1v) is 9.64. The predicted molar refractivity (Wildman–Crippen MR) is 98.4 cm³/mol. The monoisotopic (exact) mass is 393 g/mol. The SMILES string of the molecule is CCOc1ccccc1-c1ccccc1C(=O)N[C@@H](CS(=O)(=O)O)C(=O)O. The van der Waals surface area contributed by atoms with Crippen molar-refractivity contribution in [2.75, 3.05) is 12.4 Å². The van der Waals surface area contributed by atoms with Crippen LogP contribution in [0.15, 0.2) is 48.5 Å². The number of nitrogens with one attached hydrogen (secondary N) is 1. The maximum absolute atomic E-state index is 12.6. The Morgan fingerprint density at radius 3 is 2.26 bits per heavy atom. The fourth-order valence-electron chi connectivity index (χ4n) is 2.51. The number of amides is 1. The fraction of sp³-hybridized carbons (Fsp3) is 0.222. The quantitative estimate of drug-likeness (QED) is 0.583. The Morgan fingerprint density at radius 1 is 1.07 bits per heavy atom. The zero-order valence-electron chi connectivity index (χ0n) is 14.5. The molecule has 0 fully saturated rings. The summed E-state index contributed by atoms with van der Waals surface area (Å²) in [5.74, 6) is -2.94. The molecule has 3 N–H and O–H groups in total. The Hall–Kier alpha value is -2.91. The largest absolute Gasteiger partial charge is 0.493 e. The van der Waals surface area contributed by atoms with Crippen LogP contribution in [0.2, 0.25) is 0 Å². The second-order valence-corrected chi connectivity index (χ2v) is 7.08. The summed E-state index contributed by atoms with van der Waals surface area (Å²) in [4.78, 5) is 23.8. The molecule has 0 aliphatic rings. The van der Waals surface area contributed by atoms with Crippen LogP contribution in [0.25, 0.3) is 11.1 Å². The third-order valence-corrected chi connectivity index (χ3v) is 4.38. The number of ether oxygens (including phenoxy) is 1. The summed E-state index contributed by atoms with van der Waals surface area (Å²) in [5, 5.41) is 11.3. The van der Waals surface area contributed by atoms with E-state index in [-0.39, 0.29) is 5.56 Å². The number of hydrogen-bond donors (Lipinski definition) is 3. The minimum absolute atomic E-state index is 0.145. The van der Waals surface area contributed by atoms with Gasteiger partial charge in [0.15, 0.2) is 0 Å². The second kappa shape index (κ2) is 8.65. The molecule has 1 amide bonds. The van der Waals surface area contributed by atoms with Gasteiger partial charge in [-0.1, -0.05) is 36.4 Å². The van der Waals surface area contributed by atoms with E-state index in [1.165, 1.54) is 6.07 Å². The smallest absolute Gasteiger partial charge is 0.327 e. The summed E-state index contributed by atoms with van der Waals surface area (Å²) in [6.07, 6.45) is 0. The number of carbonyl (C=O) groups excluding carboxylic acids is 1. The van der Waals surface area contributed by atoms with Crippen LogP contribution in [0.3, 0.4) is 0 Å². The molecular weight excluding hydrogens is 374 g/mol. The maximum atomic E-state index is 12.6. The van der Waals surface area contributed by atoms with Crippen molar-refractivity contribution in [3.63, 3.8) is 0 Å². The first kappa shape index (κ1) is 20.4. The summed E-state index contributed by atoms with van der Waals surface area (Å²) in [6, 6.07) is 11.7. The van der Waals surface area contributed by atoms with Gasteiger partial charge in [0.2, 0.25) is 0 Å². The molecule has 0 spiro atoms. The Kier molecular flexibility index (Phi) is 6.54. The van der Waals surface area contributed by atoms with Gasteiger partial charge < -0.3 is 15.2 Å². The summed E-state index contributed by atoms with van der Waals surface area (Å²) < 4.78 is 36.4. The lowest BCUT2D eigenvalue weighted by Crippen LogP contribution is -2.45. The Bertz CT molecular complexity index is 940. The second-order valence-electron chi connectivity index (χ2n) is 5.59. The maximum Gasteiger partial charge on any atom is 0.327 e. The van der Waals surface area contributed by atoms with Crippen molar-refractivity contribution in [1.29, 1.82) is 0 Å². The van der Waals surface area contributed by atoms with Gasteiger partial charge in [-0.25, -0.2) is 4.79 Å². The van der Waals surface area contributed by atoms with Crippen molar-refractivity contribution >= 4 is 22.0 Å². The molecule has 9 heteroatoms. The van der Waals surface area contributed by atoms with Crippen LogP contribution < -0.4 is 10.1 Å². The zero-order valence-corrected chi connectivity index (χ0v) is 15.3. The van der Waals surface area contributed by atoms with Crippen LogP contribution in [-0.4, -0.2) is 48.4 Å². The highest BCUT2D eigenvalue weighted by molar-refractivity contribution is 7.85. The van der Waals surface area contributed by atoms with Crippen LogP contribution in [-0.2, 0) is 14.9 Å². The third kappa shape index (κ3) is 5.53. The third-order valence-electron chi connectivity index (χ3n) is 3.63. The molecule has 0 aromatic heterocycles. The summed E-state index contributed by atoms with van der Waals surface area (Å²) in [7, 11) is -4.59. The molecule has 2 aromatic rings. The number of carboxylic acid groups (broad SMARTS) is 1. The lowest BCUT2D eigenvalue weighted by molar-refractivity contribution is -0.138. The Balaban J connectivity index is 2.40. The van der Waals surface area contributed by atoms with Crippen molar-refractivity contribution in [1.82, 2.24) is 5.32 Å². The zero-order chi connectivity index (χ0) is 20.0. The van der Waals surface area contributed by atoms with E-state index in [1.54, 1.807) is 42.5 Å². The molecule has 0 aliphatic heterocycles. The average molecular weight is 393 g/mol. The molecule has 0 aliphatic carbocycles. The van der Waals surface area contributed by atoms with E-state index in [1.807, 2.05) is 6.92 Å². The normalized spacial score (nSPS) is 12.2. The molecular formula is C18H19NO7S. The molecule has 27 heavy (non-hydrogen) atoms. The fourth-order valence-corrected chi connectivity index (χ4v) is 3.15. The summed E-state index contributed by atoms with van der Waals surface area (Å²) in [6.45, 7) is 2.24. The van der Waals surface area contributed by atoms with E-state index < -0.39 is 33.8 Å². The molecule has 144 valence electrons. The van der Waals surface area contributed by atoms with Crippen LogP contribution in [0.5, 0.6) is 5.75 Å². The van der Waals surface area contributed by atoms with Crippen molar-refractivity contribution in [3.8, 4) is 16.9 Å². The van der Waals surface area contributed by atoms with Crippen LogP contribution in [0, 0.1) is 0 Å². The lowest BCUT2D eigenvalue weighted by Gasteiger charge is -2.16. The molecule has 2 aromatic carbocycles. The van der Waals surface area contributed by atoms with E-state index in [0.29, 0.717) is 23.5 Å². The molecule has 2 rings (SSSR count). The minimum Gasteiger partial charge on any atom is -0.493 e. The standard InChI is InChI=1S/C18H19NO7S/c1-2-26-16-10-6-5-8-13(16)12-7-3-4-9-14(12)17(20)19-15(18(21)22)11-27(23,24)25/h3-10,15H,2,11H2,1H3,(H,19,20)(H,21,22)(H,23,24,25)/t15-/m0/s1.